The van der Waals surface area contributed by atoms with Gasteiger partial charge in [-0.05, 0) is 31.5 Å². The average Bonchev–Trinajstić information content (AvgIpc) is 2.85. The van der Waals surface area contributed by atoms with Gasteiger partial charge in [0.05, 0.1) is 26.2 Å². The third-order valence-electron chi connectivity index (χ3n) is 5.49. The van der Waals surface area contributed by atoms with E-state index in [0.717, 1.165) is 5.56 Å². The number of carbonyl (C=O) groups excluding carboxylic acids is 3. The number of hydrogen-bond donors (Lipinski definition) is 5. The molecular weight excluding hydrogens is 468 g/mol. The Morgan fingerprint density at radius 1 is 1.08 bits per heavy atom. The zero-order valence-electron chi connectivity index (χ0n) is 20.4. The van der Waals surface area contributed by atoms with Crippen molar-refractivity contribution in [2.24, 2.45) is 5.73 Å². The van der Waals surface area contributed by atoms with E-state index in [4.69, 9.17) is 10.5 Å². The molecule has 2 rings (SSSR count). The van der Waals surface area contributed by atoms with Gasteiger partial charge in [0.1, 0.15) is 23.6 Å². The van der Waals surface area contributed by atoms with Crippen LogP contribution in [0.2, 0.25) is 0 Å². The van der Waals surface area contributed by atoms with Crippen molar-refractivity contribution in [3.63, 3.8) is 0 Å². The second kappa shape index (κ2) is 13.1. The van der Waals surface area contributed by atoms with Gasteiger partial charge in [0, 0.05) is 18.1 Å². The molecule has 3 amide bonds. The van der Waals surface area contributed by atoms with Crippen LogP contribution >= 0.6 is 0 Å². The second-order valence-electron chi connectivity index (χ2n) is 8.29. The van der Waals surface area contributed by atoms with E-state index >= 15 is 0 Å². The van der Waals surface area contributed by atoms with Crippen molar-refractivity contribution in [2.45, 2.75) is 44.9 Å². The number of ether oxygens (including phenoxy) is 1. The molecule has 0 aromatic heterocycles. The smallest absolute Gasteiger partial charge is 0.326 e. The molecule has 11 nitrogen and oxygen atoms in total. The molecule has 11 heteroatoms. The Morgan fingerprint density at radius 2 is 1.75 bits per heavy atom. The monoisotopic (exact) mass is 500 g/mol. The molecule has 0 radical (unpaired) electrons. The number of methoxy groups -OCH3 is 1. The van der Waals surface area contributed by atoms with E-state index < -0.39 is 48.4 Å². The number of rotatable bonds is 12. The zero-order chi connectivity index (χ0) is 26.8. The van der Waals surface area contributed by atoms with Crippen molar-refractivity contribution in [1.82, 2.24) is 15.5 Å². The fourth-order valence-corrected chi connectivity index (χ4v) is 3.41. The molecule has 2 aromatic rings. The van der Waals surface area contributed by atoms with Crippen LogP contribution in [-0.4, -0.2) is 70.6 Å². The summed E-state index contributed by atoms with van der Waals surface area (Å²) in [6.07, 6.45) is 0.0777. The van der Waals surface area contributed by atoms with Crippen molar-refractivity contribution in [3.05, 3.63) is 59.7 Å². The van der Waals surface area contributed by atoms with Gasteiger partial charge < -0.3 is 36.2 Å². The van der Waals surface area contributed by atoms with Crippen molar-refractivity contribution in [2.75, 3.05) is 13.7 Å². The summed E-state index contributed by atoms with van der Waals surface area (Å²) in [5.41, 5.74) is 6.85. The Balaban J connectivity index is 2.04. The van der Waals surface area contributed by atoms with Gasteiger partial charge in [0.25, 0.3) is 0 Å². The van der Waals surface area contributed by atoms with Crippen molar-refractivity contribution < 1.29 is 34.1 Å². The highest BCUT2D eigenvalue weighted by atomic mass is 16.5. The molecular formula is C25H32N4O7. The van der Waals surface area contributed by atoms with Gasteiger partial charge in [-0.25, -0.2) is 4.79 Å². The number of phenols is 1. The Labute approximate surface area is 209 Å². The summed E-state index contributed by atoms with van der Waals surface area (Å²) in [6.45, 7) is 2.33. The van der Waals surface area contributed by atoms with E-state index in [2.05, 4.69) is 10.6 Å². The van der Waals surface area contributed by atoms with E-state index in [1.807, 2.05) is 0 Å². The maximum atomic E-state index is 12.8. The van der Waals surface area contributed by atoms with Crippen LogP contribution in [0.5, 0.6) is 11.5 Å². The Morgan fingerprint density at radius 3 is 2.31 bits per heavy atom. The highest BCUT2D eigenvalue weighted by Crippen LogP contribution is 2.25. The fraction of sp³-hybridized carbons (Fsp3) is 0.360. The number of aromatic hydroxyl groups is 1. The van der Waals surface area contributed by atoms with Gasteiger partial charge in [-0.1, -0.05) is 30.3 Å². The van der Waals surface area contributed by atoms with E-state index in [9.17, 15) is 29.4 Å². The van der Waals surface area contributed by atoms with Gasteiger partial charge in [0.2, 0.25) is 17.7 Å². The maximum Gasteiger partial charge on any atom is 0.326 e. The molecule has 0 saturated carbocycles. The number of phenolic OH excluding ortho intramolecular Hbond substituents is 1. The number of nitrogens with zero attached hydrogens (tertiary/aromatic N) is 1. The highest BCUT2D eigenvalue weighted by Gasteiger charge is 2.29. The lowest BCUT2D eigenvalue weighted by molar-refractivity contribution is -0.142. The maximum absolute atomic E-state index is 12.8. The number of carbonyl (C=O) groups is 4. The van der Waals surface area contributed by atoms with Gasteiger partial charge in [0.15, 0.2) is 0 Å². The zero-order valence-corrected chi connectivity index (χ0v) is 20.4. The van der Waals surface area contributed by atoms with E-state index in [0.29, 0.717) is 11.3 Å². The lowest BCUT2D eigenvalue weighted by atomic mass is 10.1. The highest BCUT2D eigenvalue weighted by molar-refractivity contribution is 5.92. The van der Waals surface area contributed by atoms with Gasteiger partial charge in [-0.3, -0.25) is 14.4 Å². The van der Waals surface area contributed by atoms with Crippen molar-refractivity contribution in [1.29, 1.82) is 0 Å². The molecule has 36 heavy (non-hydrogen) atoms. The lowest BCUT2D eigenvalue weighted by Gasteiger charge is -2.30. The second-order valence-corrected chi connectivity index (χ2v) is 8.29. The minimum Gasteiger partial charge on any atom is -0.507 e. The van der Waals surface area contributed by atoms with Crippen LogP contribution in [0, 0.1) is 0 Å². The third-order valence-corrected chi connectivity index (χ3v) is 5.49. The minimum atomic E-state index is -1.21. The number of nitrogens with one attached hydrogen (secondary N) is 2. The van der Waals surface area contributed by atoms with Crippen LogP contribution in [0.25, 0.3) is 0 Å². The molecule has 0 aliphatic rings. The quantitative estimate of drug-likeness (QED) is 0.279. The Hall–Kier alpha value is -4.12. The lowest BCUT2D eigenvalue weighted by Crippen LogP contribution is -2.53. The van der Waals surface area contributed by atoms with Crippen LogP contribution in [0.3, 0.4) is 0 Å². The van der Waals surface area contributed by atoms with E-state index in [-0.39, 0.29) is 18.7 Å². The SMILES string of the molecule is COc1ccc(CN(C(=O)[C@H](C)N)[C@@H](C)C(=O)NCC(=O)N[C@@H](Cc2ccccc2)C(=O)O)c(O)c1. The summed E-state index contributed by atoms with van der Waals surface area (Å²) in [6, 6.07) is 10.2. The number of benzene rings is 2. The number of amides is 3. The van der Waals surface area contributed by atoms with Gasteiger partial charge in [-0.15, -0.1) is 0 Å². The van der Waals surface area contributed by atoms with Crippen LogP contribution in [0.4, 0.5) is 0 Å². The molecule has 0 fully saturated rings. The van der Waals surface area contributed by atoms with Gasteiger partial charge >= 0.3 is 5.97 Å². The predicted octanol–water partition coefficient (Wildman–Crippen LogP) is 0.393. The van der Waals surface area contributed by atoms with Crippen LogP contribution in [0.15, 0.2) is 48.5 Å². The number of carboxylic acids is 1. The fourth-order valence-electron chi connectivity index (χ4n) is 3.41. The Bertz CT molecular complexity index is 1080. The Kier molecular flexibility index (Phi) is 10.2. The summed E-state index contributed by atoms with van der Waals surface area (Å²) >= 11 is 0. The van der Waals surface area contributed by atoms with Crippen LogP contribution < -0.4 is 21.1 Å². The van der Waals surface area contributed by atoms with Gasteiger partial charge in [-0.2, -0.15) is 0 Å². The largest absolute Gasteiger partial charge is 0.507 e. The van der Waals surface area contributed by atoms with Crippen LogP contribution in [0.1, 0.15) is 25.0 Å². The molecule has 0 saturated heterocycles. The molecule has 0 bridgehead atoms. The standard InChI is InChI=1S/C25H32N4O7/c1-15(26)24(33)29(14-18-9-10-19(36-3)12-21(18)30)16(2)23(32)27-13-22(31)28-20(25(34)35)11-17-7-5-4-6-8-17/h4-10,12,15-16,20,30H,11,13-14,26H2,1-3H3,(H,27,32)(H,28,31)(H,34,35)/t15-,16-,20-/m0/s1. The summed E-state index contributed by atoms with van der Waals surface area (Å²) < 4.78 is 5.06. The number of hydrogen-bond acceptors (Lipinski definition) is 7. The molecule has 0 aliphatic carbocycles. The first-order chi connectivity index (χ1) is 17.0. The molecule has 0 unspecified atom stereocenters. The molecule has 0 aliphatic heterocycles. The first kappa shape index (κ1) is 28.1. The predicted molar refractivity (Wildman–Crippen MR) is 131 cm³/mol. The number of aliphatic carboxylic acids is 1. The van der Waals surface area contributed by atoms with Crippen molar-refractivity contribution in [3.8, 4) is 11.5 Å². The summed E-state index contributed by atoms with van der Waals surface area (Å²) in [4.78, 5) is 50.6. The third kappa shape index (κ3) is 7.98. The topological polar surface area (TPSA) is 171 Å². The van der Waals surface area contributed by atoms with Crippen molar-refractivity contribution >= 4 is 23.7 Å². The number of carboxylic acid groups (broad SMARTS) is 1. The summed E-state index contributed by atoms with van der Waals surface area (Å²) in [5.74, 6) is -2.79. The molecule has 0 heterocycles. The summed E-state index contributed by atoms with van der Waals surface area (Å²) in [5, 5.41) is 24.5. The minimum absolute atomic E-state index is 0.0777. The first-order valence-electron chi connectivity index (χ1n) is 11.3. The van der Waals surface area contributed by atoms with Crippen LogP contribution in [-0.2, 0) is 32.1 Å². The average molecular weight is 501 g/mol. The molecule has 2 aromatic carbocycles. The molecule has 3 atom stereocenters. The molecule has 6 N–H and O–H groups in total. The van der Waals surface area contributed by atoms with E-state index in [1.54, 1.807) is 42.5 Å². The van der Waals surface area contributed by atoms with E-state index in [1.165, 1.54) is 31.9 Å². The summed E-state index contributed by atoms with van der Waals surface area (Å²) in [7, 11) is 1.45. The molecule has 194 valence electrons. The number of nitrogens with two attached hydrogens (primary N) is 1. The molecule has 0 spiro atoms. The normalized spacial score (nSPS) is 13.1. The first-order valence-corrected chi connectivity index (χ1v) is 11.3.